The summed E-state index contributed by atoms with van der Waals surface area (Å²) in [6, 6.07) is 0. The van der Waals surface area contributed by atoms with Gasteiger partial charge in [0.2, 0.25) is 0 Å². The molecule has 0 amide bonds. The molecule has 0 saturated heterocycles. The fraction of sp³-hybridized carbons (Fsp3) is 0.400. The van der Waals surface area contributed by atoms with Gasteiger partial charge in [0.1, 0.15) is 12.1 Å². The van der Waals surface area contributed by atoms with Gasteiger partial charge in [-0.2, -0.15) is 0 Å². The van der Waals surface area contributed by atoms with E-state index in [-0.39, 0.29) is 0 Å². The van der Waals surface area contributed by atoms with Crippen LogP contribution in [0.4, 0.5) is 5.82 Å². The molecule has 1 unspecified atom stereocenters. The number of anilines is 1. The average molecular weight is 175 g/mol. The number of hydrogen-bond acceptors (Lipinski definition) is 3. The second-order valence-corrected chi connectivity index (χ2v) is 3.70. The SMILES string of the molecule is C=C1Nc2ncncc2C1C(C)C. The van der Waals surface area contributed by atoms with E-state index in [2.05, 4.69) is 35.7 Å². The van der Waals surface area contributed by atoms with Gasteiger partial charge >= 0.3 is 0 Å². The summed E-state index contributed by atoms with van der Waals surface area (Å²) in [5.41, 5.74) is 2.20. The number of fused-ring (bicyclic) bond motifs is 1. The average Bonchev–Trinajstić information content (AvgIpc) is 2.39. The van der Waals surface area contributed by atoms with Crippen molar-refractivity contribution in [1.29, 1.82) is 0 Å². The quantitative estimate of drug-likeness (QED) is 0.710. The van der Waals surface area contributed by atoms with Gasteiger partial charge in [-0.05, 0) is 5.92 Å². The fourth-order valence-electron chi connectivity index (χ4n) is 1.85. The van der Waals surface area contributed by atoms with Crippen LogP contribution in [0.25, 0.3) is 0 Å². The Kier molecular flexibility index (Phi) is 1.79. The Morgan fingerprint density at radius 1 is 1.54 bits per heavy atom. The first-order valence-electron chi connectivity index (χ1n) is 4.46. The van der Waals surface area contributed by atoms with E-state index in [1.807, 2.05) is 6.20 Å². The molecule has 1 aromatic rings. The van der Waals surface area contributed by atoms with E-state index in [9.17, 15) is 0 Å². The van der Waals surface area contributed by atoms with Crippen LogP contribution in [0, 0.1) is 5.92 Å². The van der Waals surface area contributed by atoms with Crippen molar-refractivity contribution in [1.82, 2.24) is 9.97 Å². The first-order valence-corrected chi connectivity index (χ1v) is 4.46. The van der Waals surface area contributed by atoms with Crippen LogP contribution < -0.4 is 5.32 Å². The molecule has 1 N–H and O–H groups in total. The van der Waals surface area contributed by atoms with E-state index < -0.39 is 0 Å². The van der Waals surface area contributed by atoms with Crippen molar-refractivity contribution >= 4 is 5.82 Å². The predicted molar refractivity (Wildman–Crippen MR) is 52.4 cm³/mol. The molecule has 0 radical (unpaired) electrons. The normalized spacial score (nSPS) is 20.2. The Morgan fingerprint density at radius 3 is 3.00 bits per heavy atom. The maximum Gasteiger partial charge on any atom is 0.137 e. The number of nitrogens with one attached hydrogen (secondary N) is 1. The van der Waals surface area contributed by atoms with Gasteiger partial charge in [0.15, 0.2) is 0 Å². The highest BCUT2D eigenvalue weighted by Gasteiger charge is 2.29. The standard InChI is InChI=1S/C10H13N3/c1-6(2)9-7(3)13-10-8(9)4-11-5-12-10/h4-6,9H,3H2,1-2H3,(H,11,12,13). The lowest BCUT2D eigenvalue weighted by molar-refractivity contribution is 0.570. The first kappa shape index (κ1) is 8.23. The number of rotatable bonds is 1. The van der Waals surface area contributed by atoms with Crippen molar-refractivity contribution < 1.29 is 0 Å². The highest BCUT2D eigenvalue weighted by molar-refractivity contribution is 5.59. The molecular formula is C10H13N3. The van der Waals surface area contributed by atoms with Crippen LogP contribution in [-0.2, 0) is 0 Å². The van der Waals surface area contributed by atoms with Crippen LogP contribution in [0.3, 0.4) is 0 Å². The lowest BCUT2D eigenvalue weighted by Crippen LogP contribution is -2.05. The van der Waals surface area contributed by atoms with Crippen molar-refractivity contribution in [3.8, 4) is 0 Å². The van der Waals surface area contributed by atoms with Crippen molar-refractivity contribution in [3.63, 3.8) is 0 Å². The summed E-state index contributed by atoms with van der Waals surface area (Å²) in [5, 5.41) is 3.18. The summed E-state index contributed by atoms with van der Waals surface area (Å²) in [4.78, 5) is 8.19. The van der Waals surface area contributed by atoms with Gasteiger partial charge in [-0.25, -0.2) is 9.97 Å². The van der Waals surface area contributed by atoms with Crippen LogP contribution >= 0.6 is 0 Å². The molecule has 0 aromatic carbocycles. The molecule has 1 aromatic heterocycles. The summed E-state index contributed by atoms with van der Waals surface area (Å²) in [5.74, 6) is 1.81. The number of allylic oxidation sites excluding steroid dienone is 1. The smallest absolute Gasteiger partial charge is 0.137 e. The molecule has 3 heteroatoms. The van der Waals surface area contributed by atoms with Crippen molar-refractivity contribution in [3.05, 3.63) is 30.4 Å². The van der Waals surface area contributed by atoms with E-state index in [1.165, 1.54) is 5.56 Å². The van der Waals surface area contributed by atoms with Crippen molar-refractivity contribution in [2.75, 3.05) is 5.32 Å². The summed E-state index contributed by atoms with van der Waals surface area (Å²) < 4.78 is 0. The molecule has 2 rings (SSSR count). The number of aromatic nitrogens is 2. The zero-order valence-corrected chi connectivity index (χ0v) is 7.91. The monoisotopic (exact) mass is 175 g/mol. The lowest BCUT2D eigenvalue weighted by Gasteiger charge is -2.14. The van der Waals surface area contributed by atoms with Crippen LogP contribution in [0.5, 0.6) is 0 Å². The van der Waals surface area contributed by atoms with Crippen LogP contribution in [-0.4, -0.2) is 9.97 Å². The first-order chi connectivity index (χ1) is 6.20. The van der Waals surface area contributed by atoms with Crippen LogP contribution in [0.15, 0.2) is 24.8 Å². The highest BCUT2D eigenvalue weighted by atomic mass is 15.1. The van der Waals surface area contributed by atoms with Gasteiger partial charge in [-0.3, -0.25) is 0 Å². The summed E-state index contributed by atoms with van der Waals surface area (Å²) >= 11 is 0. The zero-order valence-electron chi connectivity index (χ0n) is 7.91. The summed E-state index contributed by atoms with van der Waals surface area (Å²) in [6.07, 6.45) is 3.43. The Labute approximate surface area is 77.9 Å². The van der Waals surface area contributed by atoms with E-state index in [4.69, 9.17) is 0 Å². The minimum atomic E-state index is 0.358. The lowest BCUT2D eigenvalue weighted by atomic mass is 9.90. The van der Waals surface area contributed by atoms with Gasteiger partial charge in [-0.1, -0.05) is 20.4 Å². The molecule has 0 saturated carbocycles. The van der Waals surface area contributed by atoms with E-state index in [0.29, 0.717) is 11.8 Å². The number of nitrogens with zero attached hydrogens (tertiary/aromatic N) is 2. The molecule has 68 valence electrons. The second kappa shape index (κ2) is 2.83. The van der Waals surface area contributed by atoms with Gasteiger partial charge in [0.05, 0.1) is 0 Å². The molecule has 13 heavy (non-hydrogen) atoms. The molecule has 1 aliphatic heterocycles. The molecule has 0 spiro atoms. The van der Waals surface area contributed by atoms with Gasteiger partial charge < -0.3 is 5.32 Å². The molecular weight excluding hydrogens is 162 g/mol. The van der Waals surface area contributed by atoms with Crippen molar-refractivity contribution in [2.24, 2.45) is 5.92 Å². The third kappa shape index (κ3) is 1.20. The minimum absolute atomic E-state index is 0.358. The molecule has 0 bridgehead atoms. The Balaban J connectivity index is 2.46. The summed E-state index contributed by atoms with van der Waals surface area (Å²) in [7, 11) is 0. The highest BCUT2D eigenvalue weighted by Crippen LogP contribution is 2.39. The maximum atomic E-state index is 4.16. The van der Waals surface area contributed by atoms with Crippen molar-refractivity contribution in [2.45, 2.75) is 19.8 Å². The molecule has 3 nitrogen and oxygen atoms in total. The molecule has 0 aliphatic carbocycles. The fourth-order valence-corrected chi connectivity index (χ4v) is 1.85. The third-order valence-corrected chi connectivity index (χ3v) is 2.40. The molecule has 0 fully saturated rings. The Morgan fingerprint density at radius 2 is 2.31 bits per heavy atom. The molecule has 1 atom stereocenters. The van der Waals surface area contributed by atoms with Gasteiger partial charge in [-0.15, -0.1) is 0 Å². The van der Waals surface area contributed by atoms with Crippen LogP contribution in [0.1, 0.15) is 25.3 Å². The van der Waals surface area contributed by atoms with E-state index in [1.54, 1.807) is 6.33 Å². The Hall–Kier alpha value is -1.38. The largest absolute Gasteiger partial charge is 0.343 e. The topological polar surface area (TPSA) is 37.8 Å². The van der Waals surface area contributed by atoms with Gasteiger partial charge in [0.25, 0.3) is 0 Å². The maximum absolute atomic E-state index is 4.16. The van der Waals surface area contributed by atoms with Gasteiger partial charge in [0, 0.05) is 23.4 Å². The molecule has 2 heterocycles. The second-order valence-electron chi connectivity index (χ2n) is 3.70. The minimum Gasteiger partial charge on any atom is -0.343 e. The third-order valence-electron chi connectivity index (χ3n) is 2.40. The number of hydrogen-bond donors (Lipinski definition) is 1. The zero-order chi connectivity index (χ0) is 9.42. The van der Waals surface area contributed by atoms with Crippen LogP contribution in [0.2, 0.25) is 0 Å². The predicted octanol–water partition coefficient (Wildman–Crippen LogP) is 2.16. The van der Waals surface area contributed by atoms with E-state index >= 15 is 0 Å². The molecule has 1 aliphatic rings. The Bertz CT molecular complexity index is 344. The van der Waals surface area contributed by atoms with E-state index in [0.717, 1.165) is 11.5 Å². The summed E-state index contributed by atoms with van der Waals surface area (Å²) in [6.45, 7) is 8.35.